The smallest absolute Gasteiger partial charge is 0.299 e. The first-order valence-corrected chi connectivity index (χ1v) is 6.29. The second-order valence-corrected chi connectivity index (χ2v) is 4.39. The van der Waals surface area contributed by atoms with Gasteiger partial charge < -0.3 is 13.9 Å². The summed E-state index contributed by atoms with van der Waals surface area (Å²) in [5.41, 5.74) is 0. The third kappa shape index (κ3) is 8.68. The van der Waals surface area contributed by atoms with Gasteiger partial charge in [-0.2, -0.15) is 0 Å². The number of ether oxygens (including phenoxy) is 2. The first kappa shape index (κ1) is 14.1. The molecule has 4 heteroatoms. The second kappa shape index (κ2) is 9.64. The van der Waals surface area contributed by atoms with Crippen LogP contribution in [-0.4, -0.2) is 35.5 Å². The molecule has 2 radical (unpaired) electrons. The van der Waals surface area contributed by atoms with Crippen molar-refractivity contribution in [3.05, 3.63) is 0 Å². The summed E-state index contributed by atoms with van der Waals surface area (Å²) in [6.45, 7) is 10.4. The molecule has 0 atom stereocenters. The zero-order valence-corrected chi connectivity index (χ0v) is 10.7. The van der Waals surface area contributed by atoms with Gasteiger partial charge in [0, 0.05) is 19.8 Å². The minimum Gasteiger partial charge on any atom is -0.412 e. The fourth-order valence-corrected chi connectivity index (χ4v) is 1.68. The maximum atomic E-state index is 5.49. The Kier molecular flexibility index (Phi) is 9.71. The summed E-state index contributed by atoms with van der Waals surface area (Å²) < 4.78 is 16.2. The van der Waals surface area contributed by atoms with Gasteiger partial charge in [-0.05, 0) is 26.2 Å². The van der Waals surface area contributed by atoms with Crippen LogP contribution < -0.4 is 0 Å². The second-order valence-electron chi connectivity index (χ2n) is 3.39. The van der Waals surface area contributed by atoms with Crippen LogP contribution in [0.15, 0.2) is 0 Å². The third-order valence-corrected chi connectivity index (χ3v) is 2.51. The molecule has 0 aliphatic rings. The predicted molar refractivity (Wildman–Crippen MR) is 58.2 cm³/mol. The lowest BCUT2D eigenvalue weighted by atomic mass is 10.2. The van der Waals surface area contributed by atoms with Gasteiger partial charge in [-0.15, -0.1) is 0 Å². The van der Waals surface area contributed by atoms with Gasteiger partial charge in [0.1, 0.15) is 0 Å². The van der Waals surface area contributed by atoms with Crippen molar-refractivity contribution in [3.8, 4) is 0 Å². The molecular weight excluding hydrogens is 196 g/mol. The van der Waals surface area contributed by atoms with Gasteiger partial charge in [0.15, 0.2) is 5.91 Å². The Labute approximate surface area is 90.1 Å². The summed E-state index contributed by atoms with van der Waals surface area (Å²) in [7, 11) is 0.292. The van der Waals surface area contributed by atoms with E-state index in [9.17, 15) is 0 Å². The van der Waals surface area contributed by atoms with Crippen LogP contribution in [0.5, 0.6) is 0 Å². The van der Waals surface area contributed by atoms with E-state index >= 15 is 0 Å². The highest BCUT2D eigenvalue weighted by atomic mass is 28.2. The van der Waals surface area contributed by atoms with Crippen molar-refractivity contribution in [2.24, 2.45) is 5.92 Å². The molecule has 84 valence electrons. The minimum atomic E-state index is -0.169. The first-order chi connectivity index (χ1) is 6.70. The normalized spacial score (nSPS) is 11.6. The number of hydrogen-bond donors (Lipinski definition) is 0. The van der Waals surface area contributed by atoms with Crippen LogP contribution in [0.4, 0.5) is 0 Å². The molecule has 0 amide bonds. The average molecular weight is 218 g/mol. The fourth-order valence-electron chi connectivity index (χ4n) is 0.840. The van der Waals surface area contributed by atoms with Crippen molar-refractivity contribution in [1.29, 1.82) is 0 Å². The third-order valence-electron chi connectivity index (χ3n) is 1.61. The van der Waals surface area contributed by atoms with Gasteiger partial charge in [-0.25, -0.2) is 0 Å². The highest BCUT2D eigenvalue weighted by Gasteiger charge is 2.10. The molecule has 0 heterocycles. The van der Waals surface area contributed by atoms with E-state index in [1.165, 1.54) is 0 Å². The lowest BCUT2D eigenvalue weighted by Crippen LogP contribution is -2.27. The number of hydrogen-bond acceptors (Lipinski definition) is 3. The first-order valence-electron chi connectivity index (χ1n) is 5.31. The van der Waals surface area contributed by atoms with Gasteiger partial charge in [0.25, 0.3) is 9.76 Å². The van der Waals surface area contributed by atoms with E-state index < -0.39 is 0 Å². The van der Waals surface area contributed by atoms with E-state index in [-0.39, 0.29) is 5.91 Å². The molecule has 0 spiro atoms. The lowest BCUT2D eigenvalue weighted by molar-refractivity contribution is -0.0900. The molecule has 14 heavy (non-hydrogen) atoms. The Bertz CT molecular complexity index is 114. The van der Waals surface area contributed by atoms with Crippen molar-refractivity contribution in [2.45, 2.75) is 40.0 Å². The van der Waals surface area contributed by atoms with Crippen molar-refractivity contribution < 1.29 is 13.9 Å². The molecule has 0 fully saturated rings. The molecule has 0 rings (SSSR count). The Balaban J connectivity index is 3.40. The molecule has 0 aliphatic heterocycles. The maximum absolute atomic E-state index is 5.49. The van der Waals surface area contributed by atoms with E-state index in [0.717, 1.165) is 13.0 Å². The summed E-state index contributed by atoms with van der Waals surface area (Å²) in [6.07, 6.45) is 1.10. The van der Waals surface area contributed by atoms with Crippen LogP contribution in [0.25, 0.3) is 0 Å². The van der Waals surface area contributed by atoms with Crippen molar-refractivity contribution in [2.75, 3.05) is 19.8 Å². The van der Waals surface area contributed by atoms with Crippen LogP contribution in [0.1, 0.15) is 34.1 Å². The SMILES string of the molecule is CCOC(OCC)[Si]OCCC(C)C. The van der Waals surface area contributed by atoms with E-state index in [2.05, 4.69) is 13.8 Å². The standard InChI is InChI=1S/C10H22O3Si/c1-5-11-10(12-6-2)14-13-8-7-9(3)4/h9-10H,5-8H2,1-4H3. The highest BCUT2D eigenvalue weighted by Crippen LogP contribution is 2.00. The largest absolute Gasteiger partial charge is 0.412 e. The van der Waals surface area contributed by atoms with Crippen molar-refractivity contribution in [1.82, 2.24) is 0 Å². The van der Waals surface area contributed by atoms with Crippen molar-refractivity contribution in [3.63, 3.8) is 0 Å². The zero-order valence-electron chi connectivity index (χ0n) is 9.71. The maximum Gasteiger partial charge on any atom is 0.299 e. The predicted octanol–water partition coefficient (Wildman–Crippen LogP) is 2.02. The summed E-state index contributed by atoms with van der Waals surface area (Å²) in [5.74, 6) is 0.523. The fraction of sp³-hybridized carbons (Fsp3) is 1.00. The summed E-state index contributed by atoms with van der Waals surface area (Å²) in [5, 5.41) is 0. The molecule has 0 N–H and O–H groups in total. The quantitative estimate of drug-likeness (QED) is 0.337. The van der Waals surface area contributed by atoms with Crippen LogP contribution in [0.3, 0.4) is 0 Å². The van der Waals surface area contributed by atoms with Gasteiger partial charge in [-0.3, -0.25) is 0 Å². The molecule has 0 aromatic heterocycles. The van der Waals surface area contributed by atoms with Gasteiger partial charge in [-0.1, -0.05) is 13.8 Å². The van der Waals surface area contributed by atoms with E-state index in [4.69, 9.17) is 13.9 Å². The van der Waals surface area contributed by atoms with Crippen LogP contribution in [0, 0.1) is 5.92 Å². The average Bonchev–Trinajstić information content (AvgIpc) is 2.12. The molecule has 0 saturated carbocycles. The Morgan fingerprint density at radius 1 is 1.07 bits per heavy atom. The molecule has 0 aromatic carbocycles. The Hall–Kier alpha value is 0.0969. The van der Waals surface area contributed by atoms with Crippen LogP contribution in [-0.2, 0) is 13.9 Å². The molecule has 0 bridgehead atoms. The molecular formula is C10H22O3Si. The number of rotatable bonds is 9. The Morgan fingerprint density at radius 2 is 1.64 bits per heavy atom. The van der Waals surface area contributed by atoms with E-state index in [1.807, 2.05) is 13.8 Å². The summed E-state index contributed by atoms with van der Waals surface area (Å²) in [6, 6.07) is 0. The molecule has 3 nitrogen and oxygen atoms in total. The van der Waals surface area contributed by atoms with Crippen LogP contribution in [0.2, 0.25) is 0 Å². The van der Waals surface area contributed by atoms with Crippen molar-refractivity contribution >= 4 is 9.76 Å². The van der Waals surface area contributed by atoms with Gasteiger partial charge in [0.2, 0.25) is 0 Å². The summed E-state index contributed by atoms with van der Waals surface area (Å²) >= 11 is 0. The topological polar surface area (TPSA) is 27.7 Å². The molecule has 0 saturated heterocycles. The molecule has 0 unspecified atom stereocenters. The molecule has 0 aliphatic carbocycles. The van der Waals surface area contributed by atoms with Crippen LogP contribution >= 0.6 is 0 Å². The molecule has 0 aromatic rings. The highest BCUT2D eigenvalue weighted by molar-refractivity contribution is 6.28. The van der Waals surface area contributed by atoms with E-state index in [1.54, 1.807) is 0 Å². The lowest BCUT2D eigenvalue weighted by Gasteiger charge is -2.15. The summed E-state index contributed by atoms with van der Waals surface area (Å²) in [4.78, 5) is 0. The monoisotopic (exact) mass is 218 g/mol. The Morgan fingerprint density at radius 3 is 2.07 bits per heavy atom. The zero-order chi connectivity index (χ0) is 10.8. The minimum absolute atomic E-state index is 0.169. The van der Waals surface area contributed by atoms with Gasteiger partial charge in [0.05, 0.1) is 0 Å². The van der Waals surface area contributed by atoms with E-state index in [0.29, 0.717) is 28.9 Å². The van der Waals surface area contributed by atoms with Gasteiger partial charge >= 0.3 is 0 Å².